The van der Waals surface area contributed by atoms with Gasteiger partial charge in [-0.25, -0.2) is 0 Å². The van der Waals surface area contributed by atoms with Crippen LogP contribution in [0, 0.1) is 24.7 Å². The third-order valence-corrected chi connectivity index (χ3v) is 5.76. The third-order valence-electron chi connectivity index (χ3n) is 5.76. The molecule has 5 rings (SSSR count). The van der Waals surface area contributed by atoms with Crippen molar-refractivity contribution in [1.29, 1.82) is 0 Å². The number of hydrogen-bond acceptors (Lipinski definition) is 3. The minimum Gasteiger partial charge on any atom is -0.462 e. The first-order valence-corrected chi connectivity index (χ1v) is 8.08. The van der Waals surface area contributed by atoms with Crippen LogP contribution in [-0.4, -0.2) is 5.60 Å². The van der Waals surface area contributed by atoms with Crippen LogP contribution < -0.4 is 5.73 Å². The van der Waals surface area contributed by atoms with Gasteiger partial charge in [0.25, 0.3) is 0 Å². The van der Waals surface area contributed by atoms with Crippen molar-refractivity contribution < 1.29 is 9.15 Å². The van der Waals surface area contributed by atoms with Gasteiger partial charge in [-0.15, -0.1) is 0 Å². The molecule has 0 radical (unpaired) electrons. The summed E-state index contributed by atoms with van der Waals surface area (Å²) in [5.41, 5.74) is 6.99. The summed E-state index contributed by atoms with van der Waals surface area (Å²) in [5.74, 6) is 4.63. The van der Waals surface area contributed by atoms with Gasteiger partial charge in [0.2, 0.25) is 0 Å². The maximum absolute atomic E-state index is 6.41. The highest BCUT2D eigenvalue weighted by atomic mass is 16.5. The highest BCUT2D eigenvalue weighted by molar-refractivity contribution is 5.19. The largest absolute Gasteiger partial charge is 0.462 e. The van der Waals surface area contributed by atoms with Crippen LogP contribution >= 0.6 is 0 Å². The van der Waals surface area contributed by atoms with Gasteiger partial charge in [0, 0.05) is 0 Å². The van der Waals surface area contributed by atoms with E-state index in [9.17, 15) is 0 Å². The summed E-state index contributed by atoms with van der Waals surface area (Å²) in [7, 11) is 0. The smallest absolute Gasteiger partial charge is 0.130 e. The second-order valence-electron chi connectivity index (χ2n) is 7.41. The van der Waals surface area contributed by atoms with E-state index >= 15 is 0 Å². The van der Waals surface area contributed by atoms with E-state index < -0.39 is 0 Å². The zero-order chi connectivity index (χ0) is 13.7. The first kappa shape index (κ1) is 12.9. The molecule has 110 valence electrons. The maximum Gasteiger partial charge on any atom is 0.130 e. The highest BCUT2D eigenvalue weighted by Gasteiger charge is 2.51. The number of rotatable bonds is 4. The summed E-state index contributed by atoms with van der Waals surface area (Å²) in [5, 5.41) is 0. The van der Waals surface area contributed by atoms with Gasteiger partial charge in [-0.3, -0.25) is 0 Å². The number of furan rings is 1. The van der Waals surface area contributed by atoms with E-state index in [1.807, 2.05) is 0 Å². The Morgan fingerprint density at radius 2 is 1.80 bits per heavy atom. The lowest BCUT2D eigenvalue weighted by molar-refractivity contribution is -0.171. The van der Waals surface area contributed by atoms with E-state index in [1.165, 1.54) is 38.5 Å². The SMILES string of the molecule is Cc1cc(COC23CC4CC(CC(C4)C2)C3)oc1CN. The van der Waals surface area contributed by atoms with Crippen molar-refractivity contribution in [2.24, 2.45) is 23.5 Å². The van der Waals surface area contributed by atoms with Crippen LogP contribution in [0.1, 0.15) is 55.6 Å². The fourth-order valence-electron chi connectivity index (χ4n) is 5.30. The van der Waals surface area contributed by atoms with E-state index in [-0.39, 0.29) is 5.60 Å². The average Bonchev–Trinajstić information content (AvgIpc) is 2.75. The predicted octanol–water partition coefficient (Wildman–Crippen LogP) is 3.53. The molecule has 0 aromatic carbocycles. The molecule has 0 aliphatic heterocycles. The van der Waals surface area contributed by atoms with Crippen LogP contribution in [0.5, 0.6) is 0 Å². The molecule has 4 saturated carbocycles. The minimum atomic E-state index is 0.165. The molecule has 0 atom stereocenters. The Kier molecular flexibility index (Phi) is 2.97. The van der Waals surface area contributed by atoms with Crippen molar-refractivity contribution in [3.63, 3.8) is 0 Å². The molecule has 4 aliphatic rings. The molecule has 0 saturated heterocycles. The molecule has 0 spiro atoms. The molecule has 1 aromatic heterocycles. The van der Waals surface area contributed by atoms with Gasteiger partial charge in [-0.2, -0.15) is 0 Å². The van der Waals surface area contributed by atoms with Crippen molar-refractivity contribution in [1.82, 2.24) is 0 Å². The van der Waals surface area contributed by atoms with E-state index in [0.717, 1.165) is 34.8 Å². The van der Waals surface area contributed by atoms with Gasteiger partial charge >= 0.3 is 0 Å². The Bertz CT molecular complexity index is 470. The molecule has 1 aromatic rings. The number of aryl methyl sites for hydroxylation is 1. The Balaban J connectivity index is 1.46. The second kappa shape index (κ2) is 4.60. The number of nitrogens with two attached hydrogens (primary N) is 1. The first-order valence-electron chi connectivity index (χ1n) is 8.08. The molecule has 1 heterocycles. The standard InChI is InChI=1S/C17H25NO2/c1-11-2-15(20-16(11)9-18)10-19-17-6-12-3-13(7-17)5-14(4-12)8-17/h2,12-14H,3-10,18H2,1H3. The summed E-state index contributed by atoms with van der Waals surface area (Å²) < 4.78 is 12.2. The van der Waals surface area contributed by atoms with Crippen molar-refractivity contribution in [2.75, 3.05) is 0 Å². The van der Waals surface area contributed by atoms with Crippen LogP contribution in [0.15, 0.2) is 10.5 Å². The zero-order valence-electron chi connectivity index (χ0n) is 12.4. The van der Waals surface area contributed by atoms with Gasteiger partial charge in [-0.1, -0.05) is 0 Å². The Hall–Kier alpha value is -0.800. The zero-order valence-corrected chi connectivity index (χ0v) is 12.4. The molecule has 3 nitrogen and oxygen atoms in total. The summed E-state index contributed by atoms with van der Waals surface area (Å²) in [6.45, 7) is 3.15. The molecule has 3 heteroatoms. The normalized spacial score (nSPS) is 38.6. The van der Waals surface area contributed by atoms with Gasteiger partial charge in [0.15, 0.2) is 0 Å². The molecule has 2 N–H and O–H groups in total. The molecule has 0 unspecified atom stereocenters. The molecule has 20 heavy (non-hydrogen) atoms. The van der Waals surface area contributed by atoms with Crippen LogP contribution in [0.2, 0.25) is 0 Å². The van der Waals surface area contributed by atoms with Gasteiger partial charge in [-0.05, 0) is 74.8 Å². The highest BCUT2D eigenvalue weighted by Crippen LogP contribution is 2.57. The second-order valence-corrected chi connectivity index (χ2v) is 7.41. The Labute approximate surface area is 120 Å². The monoisotopic (exact) mass is 275 g/mol. The molecule has 4 aliphatic carbocycles. The summed E-state index contributed by atoms with van der Waals surface area (Å²) in [6.07, 6.45) is 8.21. The lowest BCUT2D eigenvalue weighted by Crippen LogP contribution is -2.51. The third kappa shape index (κ3) is 2.11. The van der Waals surface area contributed by atoms with Crippen molar-refractivity contribution >= 4 is 0 Å². The topological polar surface area (TPSA) is 48.4 Å². The Morgan fingerprint density at radius 1 is 1.20 bits per heavy atom. The average molecular weight is 275 g/mol. The molecular weight excluding hydrogens is 250 g/mol. The lowest BCUT2D eigenvalue weighted by Gasteiger charge is -2.56. The van der Waals surface area contributed by atoms with Gasteiger partial charge < -0.3 is 14.9 Å². The van der Waals surface area contributed by atoms with Crippen molar-refractivity contribution in [3.05, 3.63) is 23.2 Å². The van der Waals surface area contributed by atoms with E-state index in [0.29, 0.717) is 13.2 Å². The first-order chi connectivity index (χ1) is 9.66. The maximum atomic E-state index is 6.41. The van der Waals surface area contributed by atoms with Crippen LogP contribution in [0.3, 0.4) is 0 Å². The molecule has 4 fully saturated rings. The minimum absolute atomic E-state index is 0.165. The van der Waals surface area contributed by atoms with E-state index in [2.05, 4.69) is 13.0 Å². The number of ether oxygens (including phenoxy) is 1. The fourth-order valence-corrected chi connectivity index (χ4v) is 5.30. The van der Waals surface area contributed by atoms with Crippen molar-refractivity contribution in [2.45, 2.75) is 64.2 Å². The Morgan fingerprint density at radius 3 is 2.30 bits per heavy atom. The molecular formula is C17H25NO2. The quantitative estimate of drug-likeness (QED) is 0.914. The van der Waals surface area contributed by atoms with E-state index in [4.69, 9.17) is 14.9 Å². The van der Waals surface area contributed by atoms with Gasteiger partial charge in [0.1, 0.15) is 18.1 Å². The van der Waals surface area contributed by atoms with E-state index in [1.54, 1.807) is 0 Å². The summed E-state index contributed by atoms with van der Waals surface area (Å²) >= 11 is 0. The predicted molar refractivity (Wildman–Crippen MR) is 77.0 cm³/mol. The lowest BCUT2D eigenvalue weighted by atomic mass is 9.54. The number of hydrogen-bond donors (Lipinski definition) is 1. The summed E-state index contributed by atoms with van der Waals surface area (Å²) in [6, 6.07) is 2.09. The van der Waals surface area contributed by atoms with Crippen LogP contribution in [-0.2, 0) is 17.9 Å². The van der Waals surface area contributed by atoms with Crippen LogP contribution in [0.4, 0.5) is 0 Å². The van der Waals surface area contributed by atoms with Crippen LogP contribution in [0.25, 0.3) is 0 Å². The fraction of sp³-hybridized carbons (Fsp3) is 0.765. The van der Waals surface area contributed by atoms with Crippen molar-refractivity contribution in [3.8, 4) is 0 Å². The molecule has 0 amide bonds. The van der Waals surface area contributed by atoms with Gasteiger partial charge in [0.05, 0.1) is 12.1 Å². The molecule has 4 bridgehead atoms. The summed E-state index contributed by atoms with van der Waals surface area (Å²) in [4.78, 5) is 0.